The molecule has 2 unspecified atom stereocenters. The highest BCUT2D eigenvalue weighted by atomic mass is 32.2. The van der Waals surface area contributed by atoms with Gasteiger partial charge in [-0.1, -0.05) is 11.1 Å². The first kappa shape index (κ1) is 20.9. The Morgan fingerprint density at radius 1 is 1.48 bits per heavy atom. The van der Waals surface area contributed by atoms with E-state index in [-0.39, 0.29) is 25.0 Å². The third kappa shape index (κ3) is 4.48. The number of esters is 1. The Bertz CT molecular complexity index is 929. The van der Waals surface area contributed by atoms with E-state index in [0.29, 0.717) is 11.3 Å². The Morgan fingerprint density at radius 2 is 2.19 bits per heavy atom. The summed E-state index contributed by atoms with van der Waals surface area (Å²) in [6.07, 6.45) is 0.339. The van der Waals surface area contributed by atoms with Crippen LogP contribution in [-0.4, -0.2) is 43.8 Å². The molecule has 0 aromatic heterocycles. The minimum atomic E-state index is -3.77. The van der Waals surface area contributed by atoms with E-state index in [0.717, 1.165) is 6.26 Å². The first-order valence-electron chi connectivity index (χ1n) is 8.44. The fourth-order valence-corrected chi connectivity index (χ4v) is 3.62. The van der Waals surface area contributed by atoms with Crippen LogP contribution in [0, 0.1) is 17.7 Å². The van der Waals surface area contributed by atoms with Gasteiger partial charge in [0.1, 0.15) is 11.9 Å². The fraction of sp³-hybridized carbons (Fsp3) is 0.474. The minimum absolute atomic E-state index is 0.0649. The van der Waals surface area contributed by atoms with E-state index in [1.807, 2.05) is 0 Å². The summed E-state index contributed by atoms with van der Waals surface area (Å²) in [5.74, 6) is 4.14. The van der Waals surface area contributed by atoms with Gasteiger partial charge in [0, 0.05) is 30.2 Å². The Labute approximate surface area is 158 Å². The second kappa shape index (κ2) is 8.09. The Morgan fingerprint density at radius 3 is 2.74 bits per heavy atom. The summed E-state index contributed by atoms with van der Waals surface area (Å²) in [5, 5.41) is 3.89. The first-order valence-corrected chi connectivity index (χ1v) is 10.3. The molecule has 0 saturated carbocycles. The number of sulfone groups is 1. The highest BCUT2D eigenvalue weighted by Crippen LogP contribution is 2.30. The molecule has 0 amide bonds. The summed E-state index contributed by atoms with van der Waals surface area (Å²) in [5.41, 5.74) is 1.16. The van der Waals surface area contributed by atoms with Gasteiger partial charge in [0.2, 0.25) is 0 Å². The normalized spacial score (nSPS) is 18.6. The summed E-state index contributed by atoms with van der Waals surface area (Å²) in [6.45, 7) is 4.63. The molecule has 146 valence electrons. The monoisotopic (exact) mass is 395 g/mol. The SMILES string of the molecule is CC#Cc1ccc(C2=NOC(CC(C)(C(=O)OCC)S(C)(=O)=O)C2)c(F)c1. The van der Waals surface area contributed by atoms with E-state index in [9.17, 15) is 17.6 Å². The molecule has 1 aliphatic heterocycles. The zero-order chi connectivity index (χ0) is 20.2. The number of carbonyl (C=O) groups is 1. The van der Waals surface area contributed by atoms with Crippen LogP contribution in [0.15, 0.2) is 23.4 Å². The van der Waals surface area contributed by atoms with Crippen LogP contribution in [0.2, 0.25) is 0 Å². The van der Waals surface area contributed by atoms with E-state index >= 15 is 0 Å². The van der Waals surface area contributed by atoms with E-state index < -0.39 is 32.5 Å². The van der Waals surface area contributed by atoms with Gasteiger partial charge >= 0.3 is 5.97 Å². The van der Waals surface area contributed by atoms with Gasteiger partial charge in [0.15, 0.2) is 14.6 Å². The van der Waals surface area contributed by atoms with Gasteiger partial charge in [-0.3, -0.25) is 4.79 Å². The Balaban J connectivity index is 2.19. The largest absolute Gasteiger partial charge is 0.465 e. The van der Waals surface area contributed by atoms with Gasteiger partial charge < -0.3 is 9.57 Å². The van der Waals surface area contributed by atoms with Gasteiger partial charge in [-0.05, 0) is 39.0 Å². The number of ether oxygens (including phenoxy) is 1. The van der Waals surface area contributed by atoms with Crippen molar-refractivity contribution < 1.29 is 27.2 Å². The van der Waals surface area contributed by atoms with Crippen LogP contribution in [-0.2, 0) is 24.2 Å². The lowest BCUT2D eigenvalue weighted by molar-refractivity contribution is -0.146. The quantitative estimate of drug-likeness (QED) is 0.546. The third-order valence-corrected chi connectivity index (χ3v) is 6.40. The average Bonchev–Trinajstić information content (AvgIpc) is 3.02. The average molecular weight is 395 g/mol. The topological polar surface area (TPSA) is 82.0 Å². The van der Waals surface area contributed by atoms with E-state index in [4.69, 9.17) is 9.57 Å². The second-order valence-corrected chi connectivity index (χ2v) is 8.91. The predicted molar refractivity (Wildman–Crippen MR) is 99.5 cm³/mol. The van der Waals surface area contributed by atoms with Crippen molar-refractivity contribution in [3.05, 3.63) is 35.1 Å². The maximum Gasteiger partial charge on any atom is 0.327 e. The number of rotatable bonds is 6. The van der Waals surface area contributed by atoms with Crippen molar-refractivity contribution in [1.82, 2.24) is 0 Å². The van der Waals surface area contributed by atoms with Crippen LogP contribution in [0.4, 0.5) is 4.39 Å². The molecule has 0 fully saturated rings. The summed E-state index contributed by atoms with van der Waals surface area (Å²) in [7, 11) is -3.77. The van der Waals surface area contributed by atoms with Gasteiger partial charge in [0.25, 0.3) is 0 Å². The van der Waals surface area contributed by atoms with Crippen molar-refractivity contribution in [3.63, 3.8) is 0 Å². The van der Waals surface area contributed by atoms with Crippen LogP contribution >= 0.6 is 0 Å². The smallest absolute Gasteiger partial charge is 0.327 e. The number of halogens is 1. The van der Waals surface area contributed by atoms with E-state index in [2.05, 4.69) is 17.0 Å². The molecule has 6 nitrogen and oxygen atoms in total. The van der Waals surface area contributed by atoms with Gasteiger partial charge in [-0.2, -0.15) is 0 Å². The van der Waals surface area contributed by atoms with Crippen LogP contribution in [0.5, 0.6) is 0 Å². The Hall–Kier alpha value is -2.40. The maximum absolute atomic E-state index is 14.3. The number of benzene rings is 1. The fourth-order valence-electron chi connectivity index (χ4n) is 2.77. The van der Waals surface area contributed by atoms with Crippen molar-refractivity contribution in [1.29, 1.82) is 0 Å². The van der Waals surface area contributed by atoms with Crippen molar-refractivity contribution >= 4 is 21.5 Å². The third-order valence-electron chi connectivity index (χ3n) is 4.43. The van der Waals surface area contributed by atoms with Crippen LogP contribution in [0.1, 0.15) is 44.7 Å². The van der Waals surface area contributed by atoms with Gasteiger partial charge in [-0.15, -0.1) is 5.92 Å². The molecule has 2 rings (SSSR count). The summed E-state index contributed by atoms with van der Waals surface area (Å²) >= 11 is 0. The minimum Gasteiger partial charge on any atom is -0.465 e. The highest BCUT2D eigenvalue weighted by molar-refractivity contribution is 7.92. The van der Waals surface area contributed by atoms with Crippen LogP contribution < -0.4 is 0 Å². The molecule has 1 heterocycles. The maximum atomic E-state index is 14.3. The van der Waals surface area contributed by atoms with Crippen molar-refractivity contribution in [2.45, 2.75) is 44.5 Å². The van der Waals surface area contributed by atoms with E-state index in [1.54, 1.807) is 26.0 Å². The molecule has 0 saturated heterocycles. The predicted octanol–water partition coefficient (Wildman–Crippen LogP) is 2.45. The van der Waals surface area contributed by atoms with Crippen LogP contribution in [0.3, 0.4) is 0 Å². The molecule has 0 bridgehead atoms. The molecule has 0 radical (unpaired) electrons. The lowest BCUT2D eigenvalue weighted by Gasteiger charge is -2.27. The second-order valence-electron chi connectivity index (χ2n) is 6.47. The van der Waals surface area contributed by atoms with Crippen molar-refractivity contribution in [2.75, 3.05) is 12.9 Å². The lowest BCUT2D eigenvalue weighted by atomic mass is 9.96. The number of carbonyl (C=O) groups excluding carboxylic acids is 1. The highest BCUT2D eigenvalue weighted by Gasteiger charge is 2.48. The molecular formula is C19H22FNO5S. The summed E-state index contributed by atoms with van der Waals surface area (Å²) < 4.78 is 41.9. The van der Waals surface area contributed by atoms with Gasteiger partial charge in [-0.25, -0.2) is 12.8 Å². The van der Waals surface area contributed by atoms with Crippen molar-refractivity contribution in [3.8, 4) is 11.8 Å². The Kier molecular flexibility index (Phi) is 6.26. The number of oxime groups is 1. The molecule has 0 aliphatic carbocycles. The number of hydrogen-bond donors (Lipinski definition) is 0. The molecular weight excluding hydrogens is 373 g/mol. The number of nitrogens with zero attached hydrogens (tertiary/aromatic N) is 1. The molecule has 2 atom stereocenters. The van der Waals surface area contributed by atoms with E-state index in [1.165, 1.54) is 13.0 Å². The summed E-state index contributed by atoms with van der Waals surface area (Å²) in [4.78, 5) is 17.5. The van der Waals surface area contributed by atoms with Crippen molar-refractivity contribution in [2.24, 2.45) is 5.16 Å². The first-order chi connectivity index (χ1) is 12.6. The molecule has 8 heteroatoms. The molecule has 1 aromatic carbocycles. The molecule has 0 spiro atoms. The lowest BCUT2D eigenvalue weighted by Crippen LogP contribution is -2.47. The zero-order valence-electron chi connectivity index (χ0n) is 15.7. The summed E-state index contributed by atoms with van der Waals surface area (Å²) in [6, 6.07) is 4.53. The molecule has 0 N–H and O–H groups in total. The molecule has 27 heavy (non-hydrogen) atoms. The molecule has 1 aromatic rings. The molecule has 1 aliphatic rings. The standard InChI is InChI=1S/C19H22FNO5S/c1-5-7-13-8-9-15(16(20)10-13)17-11-14(26-21-17)12-19(3,27(4,23)24)18(22)25-6-2/h8-10,14H,6,11-12H2,1-4H3. The zero-order valence-corrected chi connectivity index (χ0v) is 16.5. The number of hydrogen-bond acceptors (Lipinski definition) is 6. The van der Waals surface area contributed by atoms with Crippen LogP contribution in [0.25, 0.3) is 0 Å². The van der Waals surface area contributed by atoms with Gasteiger partial charge in [0.05, 0.1) is 12.3 Å².